The second-order valence-electron chi connectivity index (χ2n) is 10.1. The molecule has 0 fully saturated rings. The summed E-state index contributed by atoms with van der Waals surface area (Å²) >= 11 is 3.31. The number of allylic oxidation sites excluding steroid dienone is 1. The molecule has 48 heavy (non-hydrogen) atoms. The molecule has 4 N–H and O–H groups in total. The van der Waals surface area contributed by atoms with E-state index in [1.165, 1.54) is 19.4 Å². The summed E-state index contributed by atoms with van der Waals surface area (Å²) < 4.78 is 22.4. The van der Waals surface area contributed by atoms with Gasteiger partial charge in [-0.3, -0.25) is 15.5 Å². The third kappa shape index (κ3) is 8.57. The number of nitrogens with one attached hydrogen (secondary N) is 3. The third-order valence-corrected chi connectivity index (χ3v) is 7.45. The summed E-state index contributed by atoms with van der Waals surface area (Å²) in [6, 6.07) is 15.2. The Labute approximate surface area is 283 Å². The molecule has 2 amide bonds. The Bertz CT molecular complexity index is 1810. The number of ether oxygens (including phenoxy) is 4. The Morgan fingerprint density at radius 2 is 1.98 bits per heavy atom. The Balaban J connectivity index is 1.42. The number of esters is 1. The Kier molecular flexibility index (Phi) is 11.9. The highest BCUT2D eigenvalue weighted by atomic mass is 79.9. The predicted molar refractivity (Wildman–Crippen MR) is 175 cm³/mol. The number of hydrogen-bond acceptors (Lipinski definition) is 12. The van der Waals surface area contributed by atoms with Crippen LogP contribution in [-0.4, -0.2) is 54.8 Å². The number of hydrogen-bond donors (Lipinski definition) is 4. The average Bonchev–Trinajstić information content (AvgIpc) is 3.06. The number of methoxy groups -OCH3 is 1. The zero-order chi connectivity index (χ0) is 34.8. The van der Waals surface area contributed by atoms with E-state index in [4.69, 9.17) is 18.9 Å². The molecule has 0 spiro atoms. The van der Waals surface area contributed by atoms with E-state index < -0.39 is 29.2 Å². The van der Waals surface area contributed by atoms with E-state index in [2.05, 4.69) is 43.2 Å². The molecule has 0 radical (unpaired) electrons. The second kappa shape index (κ2) is 16.3. The minimum Gasteiger partial charge on any atom is -0.490 e. The number of halogens is 1. The number of amides is 2. The van der Waals surface area contributed by atoms with Crippen LogP contribution in [-0.2, 0) is 16.1 Å². The summed E-state index contributed by atoms with van der Waals surface area (Å²) in [6.45, 7) is 3.32. The molecule has 0 saturated carbocycles. The summed E-state index contributed by atoms with van der Waals surface area (Å²) in [5, 5.41) is 40.8. The van der Waals surface area contributed by atoms with E-state index in [9.17, 15) is 30.1 Å². The van der Waals surface area contributed by atoms with Crippen molar-refractivity contribution in [2.24, 2.45) is 5.10 Å². The number of urea groups is 1. The van der Waals surface area contributed by atoms with Gasteiger partial charge in [0, 0.05) is 22.9 Å². The largest absolute Gasteiger partial charge is 0.490 e. The molecule has 0 bridgehead atoms. The summed E-state index contributed by atoms with van der Waals surface area (Å²) in [7, 11) is 1.25. The topological polar surface area (TPSA) is 207 Å². The fraction of sp³-hybridized carbons (Fsp3) is 0.250. The van der Waals surface area contributed by atoms with Crippen LogP contribution in [0.25, 0.3) is 0 Å². The molecular weight excluding hydrogens is 692 g/mol. The van der Waals surface area contributed by atoms with Gasteiger partial charge in [-0.25, -0.2) is 9.59 Å². The van der Waals surface area contributed by atoms with Crippen molar-refractivity contribution in [3.63, 3.8) is 0 Å². The van der Waals surface area contributed by atoms with Crippen molar-refractivity contribution in [3.05, 3.63) is 103 Å². The first-order valence-corrected chi connectivity index (χ1v) is 15.2. The van der Waals surface area contributed by atoms with Crippen LogP contribution < -0.4 is 30.3 Å². The van der Waals surface area contributed by atoms with E-state index >= 15 is 0 Å². The first-order chi connectivity index (χ1) is 23.1. The Morgan fingerprint density at radius 1 is 1.21 bits per heavy atom. The molecule has 0 aromatic heterocycles. The van der Waals surface area contributed by atoms with Gasteiger partial charge in [0.1, 0.15) is 13.2 Å². The van der Waals surface area contributed by atoms with Gasteiger partial charge in [0.05, 0.1) is 52.6 Å². The van der Waals surface area contributed by atoms with Crippen LogP contribution in [0.4, 0.5) is 10.5 Å². The molecule has 0 saturated heterocycles. The fourth-order valence-electron chi connectivity index (χ4n) is 4.68. The van der Waals surface area contributed by atoms with Crippen molar-refractivity contribution in [2.75, 3.05) is 20.3 Å². The Morgan fingerprint density at radius 3 is 2.69 bits per heavy atom. The summed E-state index contributed by atoms with van der Waals surface area (Å²) in [5.41, 5.74) is 4.58. The van der Waals surface area contributed by atoms with Crippen molar-refractivity contribution < 1.29 is 38.6 Å². The number of aliphatic hydroxyl groups excluding tert-OH is 1. The number of carbonyl (C=O) groups excluding carboxylic acids is 2. The number of benzene rings is 3. The maximum absolute atomic E-state index is 12.5. The normalized spacial score (nSPS) is 14.8. The van der Waals surface area contributed by atoms with Crippen LogP contribution in [0.1, 0.15) is 42.1 Å². The number of nitro benzene ring substituents is 1. The van der Waals surface area contributed by atoms with E-state index in [1.807, 2.05) is 0 Å². The predicted octanol–water partition coefficient (Wildman–Crippen LogP) is 4.33. The molecule has 4 rings (SSSR count). The van der Waals surface area contributed by atoms with Crippen LogP contribution in [0.5, 0.6) is 17.2 Å². The number of carbonyl (C=O) groups is 2. The molecule has 0 unspecified atom stereocenters. The molecular formula is C32H31BrN6O9. The fourth-order valence-corrected chi connectivity index (χ4v) is 5.26. The lowest BCUT2D eigenvalue weighted by Gasteiger charge is -2.28. The monoisotopic (exact) mass is 722 g/mol. The number of nitro groups is 1. The van der Waals surface area contributed by atoms with Crippen LogP contribution >= 0.6 is 15.9 Å². The smallest absolute Gasteiger partial charge is 0.337 e. The number of nitrogens with zero attached hydrogens (tertiary/aromatic N) is 3. The highest BCUT2D eigenvalue weighted by Gasteiger charge is 2.32. The number of aliphatic hydroxyl groups is 1. The van der Waals surface area contributed by atoms with Crippen LogP contribution in [0.3, 0.4) is 0 Å². The SMILES string of the molecule is CCOc1cc([C@@H]2NC(=O)NC(C)=C2C(=O)OC)ccc1OC[C@@H](O)N/N=C/c1cc(Br)c(OCc2ccccc2C#N)c([N+](=O)[O-])c1. The van der Waals surface area contributed by atoms with Gasteiger partial charge in [-0.2, -0.15) is 10.4 Å². The first-order valence-electron chi connectivity index (χ1n) is 14.4. The zero-order valence-electron chi connectivity index (χ0n) is 26.0. The van der Waals surface area contributed by atoms with Crippen LogP contribution in [0, 0.1) is 21.4 Å². The quantitative estimate of drug-likeness (QED) is 0.0606. The number of rotatable bonds is 14. The van der Waals surface area contributed by atoms with Gasteiger partial charge < -0.3 is 34.7 Å². The van der Waals surface area contributed by atoms with Gasteiger partial charge in [-0.1, -0.05) is 24.3 Å². The summed E-state index contributed by atoms with van der Waals surface area (Å²) in [6.07, 6.45) is -0.0189. The maximum atomic E-state index is 12.5. The lowest BCUT2D eigenvalue weighted by Crippen LogP contribution is -2.45. The molecule has 3 aromatic rings. The molecule has 250 valence electrons. The molecule has 15 nitrogen and oxygen atoms in total. The van der Waals surface area contributed by atoms with Gasteiger partial charge in [-0.15, -0.1) is 0 Å². The van der Waals surface area contributed by atoms with Crippen molar-refractivity contribution in [1.29, 1.82) is 5.26 Å². The number of nitriles is 1. The van der Waals surface area contributed by atoms with Gasteiger partial charge >= 0.3 is 17.7 Å². The van der Waals surface area contributed by atoms with Crippen molar-refractivity contribution in [1.82, 2.24) is 16.1 Å². The molecule has 0 aliphatic carbocycles. The highest BCUT2D eigenvalue weighted by Crippen LogP contribution is 2.37. The van der Waals surface area contributed by atoms with Gasteiger partial charge in [0.15, 0.2) is 17.7 Å². The lowest BCUT2D eigenvalue weighted by molar-refractivity contribution is -0.386. The minimum atomic E-state index is -1.29. The lowest BCUT2D eigenvalue weighted by atomic mass is 9.95. The van der Waals surface area contributed by atoms with E-state index in [-0.39, 0.29) is 47.1 Å². The van der Waals surface area contributed by atoms with Crippen LogP contribution in [0.2, 0.25) is 0 Å². The van der Waals surface area contributed by atoms with Crippen LogP contribution in [0.15, 0.2) is 75.4 Å². The van der Waals surface area contributed by atoms with Crippen molar-refractivity contribution in [3.8, 4) is 23.3 Å². The van der Waals surface area contributed by atoms with E-state index in [1.54, 1.807) is 62.4 Å². The van der Waals surface area contributed by atoms with E-state index in [0.717, 1.165) is 0 Å². The van der Waals surface area contributed by atoms with Crippen molar-refractivity contribution in [2.45, 2.75) is 32.7 Å². The molecule has 16 heteroatoms. The molecule has 1 aliphatic heterocycles. The number of hydrazone groups is 1. The van der Waals surface area contributed by atoms with E-state index in [0.29, 0.717) is 33.7 Å². The average molecular weight is 724 g/mol. The van der Waals surface area contributed by atoms with Gasteiger partial charge in [0.2, 0.25) is 5.75 Å². The third-order valence-electron chi connectivity index (χ3n) is 6.86. The summed E-state index contributed by atoms with van der Waals surface area (Å²) in [5.74, 6) is -0.0467. The maximum Gasteiger partial charge on any atom is 0.337 e. The van der Waals surface area contributed by atoms with Gasteiger partial charge in [-0.05, 0) is 59.6 Å². The molecule has 2 atom stereocenters. The first kappa shape index (κ1) is 35.2. The highest BCUT2D eigenvalue weighted by molar-refractivity contribution is 9.10. The van der Waals surface area contributed by atoms with Gasteiger partial charge in [0.25, 0.3) is 0 Å². The zero-order valence-corrected chi connectivity index (χ0v) is 27.6. The standard InChI is InChI=1S/C32H31BrN6O9/c1-4-46-26-13-20(29-28(31(41)45-3)18(2)36-32(42)37-29)9-10-25(26)47-17-27(40)38-35-15-19-11-23(33)30(24(12-19)39(43)44)48-16-22-8-6-5-7-21(22)14-34/h5-13,15,27,29,38,40H,4,16-17H2,1-3H3,(H2,36,37,42)/b35-15+/t27-,29+/m1/s1. The molecule has 1 heterocycles. The Hall–Kier alpha value is -5.66. The minimum absolute atomic E-state index is 0.0161. The molecule has 3 aromatic carbocycles. The molecule has 1 aliphatic rings. The second-order valence-corrected chi connectivity index (χ2v) is 10.9. The summed E-state index contributed by atoms with van der Waals surface area (Å²) in [4.78, 5) is 35.8. The van der Waals surface area contributed by atoms with Crippen molar-refractivity contribution >= 4 is 39.8 Å².